The van der Waals surface area contributed by atoms with E-state index in [9.17, 15) is 9.59 Å². The highest BCUT2D eigenvalue weighted by Gasteiger charge is 2.21. The Labute approximate surface area is 160 Å². The largest absolute Gasteiger partial charge is 0.497 e. The summed E-state index contributed by atoms with van der Waals surface area (Å²) < 4.78 is 5.15. The van der Waals surface area contributed by atoms with Gasteiger partial charge in [-0.05, 0) is 24.6 Å². The zero-order valence-electron chi connectivity index (χ0n) is 16.4. The number of methoxy groups -OCH3 is 1. The Morgan fingerprint density at radius 1 is 1.11 bits per heavy atom. The first kappa shape index (κ1) is 20.5. The fourth-order valence-electron chi connectivity index (χ4n) is 2.80. The van der Waals surface area contributed by atoms with Gasteiger partial charge in [-0.25, -0.2) is 0 Å². The van der Waals surface area contributed by atoms with E-state index in [4.69, 9.17) is 4.74 Å². The maximum Gasteiger partial charge on any atom is 0.279 e. The van der Waals surface area contributed by atoms with Crippen molar-refractivity contribution < 1.29 is 19.2 Å². The van der Waals surface area contributed by atoms with Crippen molar-refractivity contribution in [2.24, 2.45) is 0 Å². The molecule has 0 saturated heterocycles. The Balaban J connectivity index is 1.85. The first-order valence-corrected chi connectivity index (χ1v) is 8.96. The molecule has 2 rings (SSSR count). The number of carbonyl (C=O) groups is 2. The van der Waals surface area contributed by atoms with Gasteiger partial charge in [-0.15, -0.1) is 0 Å². The molecule has 27 heavy (non-hydrogen) atoms. The summed E-state index contributed by atoms with van der Waals surface area (Å²) in [7, 11) is 5.21. The number of quaternary nitrogens is 1. The van der Waals surface area contributed by atoms with Crippen molar-refractivity contribution in [3.8, 4) is 5.75 Å². The molecule has 6 nitrogen and oxygen atoms in total. The molecule has 0 aliphatic rings. The van der Waals surface area contributed by atoms with E-state index in [1.165, 1.54) is 0 Å². The third-order valence-corrected chi connectivity index (χ3v) is 4.53. The van der Waals surface area contributed by atoms with E-state index in [1.54, 1.807) is 31.2 Å². The number of rotatable bonds is 8. The standard InChI is InChI=1S/C21H27N3O3/c1-16(17-9-6-5-7-10-17)24(3)21(26)15-23(2)14-20(25)22-18-11-8-12-19(13-18)27-4/h5-13,16H,14-15H2,1-4H3,(H,22,25)/p+1/t16-/m1/s1. The Kier molecular flexibility index (Phi) is 7.37. The monoisotopic (exact) mass is 370 g/mol. The van der Waals surface area contributed by atoms with Gasteiger partial charge in [0.15, 0.2) is 13.1 Å². The van der Waals surface area contributed by atoms with Crippen molar-refractivity contribution in [1.29, 1.82) is 0 Å². The van der Waals surface area contributed by atoms with Gasteiger partial charge >= 0.3 is 0 Å². The van der Waals surface area contributed by atoms with Crippen molar-refractivity contribution in [2.45, 2.75) is 13.0 Å². The number of amides is 2. The van der Waals surface area contributed by atoms with Crippen LogP contribution in [0.5, 0.6) is 5.75 Å². The second-order valence-corrected chi connectivity index (χ2v) is 6.68. The maximum atomic E-state index is 12.5. The second-order valence-electron chi connectivity index (χ2n) is 6.68. The summed E-state index contributed by atoms with van der Waals surface area (Å²) in [5, 5.41) is 2.83. The minimum atomic E-state index is -0.146. The smallest absolute Gasteiger partial charge is 0.279 e. The highest BCUT2D eigenvalue weighted by Crippen LogP contribution is 2.18. The number of hydrogen-bond acceptors (Lipinski definition) is 3. The Hall–Kier alpha value is -2.86. The van der Waals surface area contributed by atoms with Crippen LogP contribution in [0.1, 0.15) is 18.5 Å². The van der Waals surface area contributed by atoms with Gasteiger partial charge in [0, 0.05) is 18.8 Å². The van der Waals surface area contributed by atoms with Gasteiger partial charge in [0.05, 0.1) is 20.2 Å². The van der Waals surface area contributed by atoms with E-state index in [0.29, 0.717) is 11.4 Å². The van der Waals surface area contributed by atoms with Gasteiger partial charge in [-0.1, -0.05) is 36.4 Å². The Morgan fingerprint density at radius 2 is 1.81 bits per heavy atom. The summed E-state index contributed by atoms with van der Waals surface area (Å²) in [6.45, 7) is 2.45. The Morgan fingerprint density at radius 3 is 2.48 bits per heavy atom. The van der Waals surface area contributed by atoms with Gasteiger partial charge in [0.1, 0.15) is 5.75 Å². The second kappa shape index (κ2) is 9.73. The van der Waals surface area contributed by atoms with Gasteiger partial charge in [-0.2, -0.15) is 0 Å². The molecule has 0 heterocycles. The summed E-state index contributed by atoms with van der Waals surface area (Å²) in [4.78, 5) is 27.3. The lowest BCUT2D eigenvalue weighted by atomic mass is 10.1. The molecule has 0 aromatic heterocycles. The minimum Gasteiger partial charge on any atom is -0.497 e. The number of likely N-dealkylation sites (N-methyl/N-ethyl adjacent to an activating group) is 2. The molecule has 2 N–H and O–H groups in total. The third kappa shape index (κ3) is 6.11. The molecule has 1 unspecified atom stereocenters. The molecule has 6 heteroatoms. The predicted octanol–water partition coefficient (Wildman–Crippen LogP) is 1.37. The molecule has 0 bridgehead atoms. The number of ether oxygens (including phenoxy) is 1. The fourth-order valence-corrected chi connectivity index (χ4v) is 2.80. The highest BCUT2D eigenvalue weighted by molar-refractivity contribution is 5.91. The van der Waals surface area contributed by atoms with Gasteiger partial charge < -0.3 is 19.9 Å². The number of carbonyl (C=O) groups excluding carboxylic acids is 2. The molecule has 0 fully saturated rings. The summed E-state index contributed by atoms with van der Waals surface area (Å²) >= 11 is 0. The van der Waals surface area contributed by atoms with Crippen LogP contribution in [0.2, 0.25) is 0 Å². The average Bonchev–Trinajstić information content (AvgIpc) is 2.67. The number of anilines is 1. The number of benzene rings is 2. The lowest BCUT2D eigenvalue weighted by molar-refractivity contribution is -0.862. The van der Waals surface area contributed by atoms with Crippen molar-refractivity contribution >= 4 is 17.5 Å². The highest BCUT2D eigenvalue weighted by atomic mass is 16.5. The van der Waals surface area contributed by atoms with E-state index in [0.717, 1.165) is 10.5 Å². The third-order valence-electron chi connectivity index (χ3n) is 4.53. The van der Waals surface area contributed by atoms with Crippen molar-refractivity contribution in [3.63, 3.8) is 0 Å². The van der Waals surface area contributed by atoms with Crippen molar-refractivity contribution in [1.82, 2.24) is 4.90 Å². The lowest BCUT2D eigenvalue weighted by Crippen LogP contribution is -3.11. The van der Waals surface area contributed by atoms with Gasteiger partial charge in [0.2, 0.25) is 0 Å². The molecule has 0 saturated carbocycles. The zero-order valence-corrected chi connectivity index (χ0v) is 16.4. The van der Waals surface area contributed by atoms with Crippen LogP contribution < -0.4 is 15.0 Å². The van der Waals surface area contributed by atoms with E-state index >= 15 is 0 Å². The van der Waals surface area contributed by atoms with Crippen LogP contribution in [0.25, 0.3) is 0 Å². The van der Waals surface area contributed by atoms with E-state index in [-0.39, 0.29) is 30.9 Å². The molecule has 2 atom stereocenters. The minimum absolute atomic E-state index is 0.00182. The lowest BCUT2D eigenvalue weighted by Gasteiger charge is -2.26. The quantitative estimate of drug-likeness (QED) is 0.738. The van der Waals surface area contributed by atoms with Crippen molar-refractivity contribution in [3.05, 3.63) is 60.2 Å². The summed E-state index contributed by atoms with van der Waals surface area (Å²) in [6.07, 6.45) is 0. The molecule has 2 amide bonds. The first-order valence-electron chi connectivity index (χ1n) is 8.96. The fraction of sp³-hybridized carbons (Fsp3) is 0.333. The van der Waals surface area contributed by atoms with Crippen LogP contribution in [-0.4, -0.2) is 51.0 Å². The van der Waals surface area contributed by atoms with E-state index in [1.807, 2.05) is 56.4 Å². The van der Waals surface area contributed by atoms with Crippen LogP contribution in [-0.2, 0) is 9.59 Å². The number of nitrogens with one attached hydrogen (secondary N) is 2. The predicted molar refractivity (Wildman–Crippen MR) is 106 cm³/mol. The molecule has 0 spiro atoms. The van der Waals surface area contributed by atoms with Crippen LogP contribution in [0.4, 0.5) is 5.69 Å². The molecule has 144 valence electrons. The van der Waals surface area contributed by atoms with Crippen LogP contribution >= 0.6 is 0 Å². The molecule has 2 aromatic carbocycles. The topological polar surface area (TPSA) is 63.1 Å². The molecule has 0 aliphatic heterocycles. The number of nitrogens with zero attached hydrogens (tertiary/aromatic N) is 1. The SMILES string of the molecule is COc1cccc(NC(=O)C[NH+](C)CC(=O)N(C)[C@H](C)c2ccccc2)c1. The zero-order chi connectivity index (χ0) is 19.8. The van der Waals surface area contributed by atoms with Crippen LogP contribution in [0.15, 0.2) is 54.6 Å². The summed E-state index contributed by atoms with van der Waals surface area (Å²) in [5.74, 6) is 0.533. The first-order chi connectivity index (χ1) is 12.9. The summed E-state index contributed by atoms with van der Waals surface area (Å²) in [6, 6.07) is 17.1. The Bertz CT molecular complexity index is 764. The van der Waals surface area contributed by atoms with E-state index < -0.39 is 0 Å². The molecule has 0 radical (unpaired) electrons. The maximum absolute atomic E-state index is 12.5. The van der Waals surface area contributed by atoms with Crippen LogP contribution in [0.3, 0.4) is 0 Å². The van der Waals surface area contributed by atoms with Crippen LogP contribution in [0, 0.1) is 0 Å². The molecule has 0 aliphatic carbocycles. The molecule has 2 aromatic rings. The normalized spacial score (nSPS) is 12.7. The van der Waals surface area contributed by atoms with E-state index in [2.05, 4.69) is 5.32 Å². The number of hydrogen-bond donors (Lipinski definition) is 2. The summed E-state index contributed by atoms with van der Waals surface area (Å²) in [5.41, 5.74) is 1.76. The molecular weight excluding hydrogens is 342 g/mol. The van der Waals surface area contributed by atoms with Gasteiger partial charge in [0.25, 0.3) is 11.8 Å². The average molecular weight is 370 g/mol. The van der Waals surface area contributed by atoms with Crippen molar-refractivity contribution in [2.75, 3.05) is 39.6 Å². The van der Waals surface area contributed by atoms with Gasteiger partial charge in [-0.3, -0.25) is 9.59 Å². The molecular formula is C21H28N3O3+.